The first-order valence-electron chi connectivity index (χ1n) is 45.3. The first kappa shape index (κ1) is 117. The number of nitrogens with one attached hydrogen (secondary N) is 18. The first-order valence-corrected chi connectivity index (χ1v) is 46.9. The number of rotatable bonds is 64. The number of aliphatic carboxylic acids is 3. The van der Waals surface area contributed by atoms with E-state index in [1.807, 2.05) is 0 Å². The molecule has 137 heavy (non-hydrogen) atoms. The van der Waals surface area contributed by atoms with Crippen LogP contribution in [0.2, 0.25) is 0 Å². The standard InChI is InChI=1S/C83H136N24O28S2/c1-38(2)30-50(97-77(129)54(35-136)101-76(128)53(34-108)100-71(123)47(22-25-61(115)116)94-79(131)63(39(3)4)103-81(133)65(43(8)110)104-72(124)48(23-26-62(117)118)93-68(120)40(5)85)73(125)91-41(6)69(121)96-49(17-11-13-27-84)82(134)107-29-15-18-56(107)78(130)99-51(31-44-33-88-37-90-44)75(127)105-64(42(7)109)80(132)95-46(21-24-60(113)114)70(122)98-52(32-58(86)111)74(126)92-45(67(87)119)16-12-14-28-89-59(112)20-10-9-19-57-66-55(36-137-57)102-83(135)106-66/h33,37-43,45-57,63-66,108-110,136H,9-32,34-36,84-85H2,1-8H3,(H2,86,111)(H2,87,119)(H,88,90)(H,89,112)(H,91,125)(H,92,126)(H,93,120)(H,94,131)(H,95,132)(H,96,121)(H,97,129)(H,98,122)(H,99,130)(H,100,123)(H,101,128)(H,103,133)(H,104,124)(H,105,127)(H,113,114)(H,115,116)(H,117,118)(H2,102,106,135)/t40-,41-,42+,43+,45-,46-,47-,48-,49-,50-,51-,52-,53-,54-,55-,56-,57-,63-,64-,65-,66-/m0/s1. The fraction of sp³-hybridized carbons (Fsp3) is 0.699. The smallest absolute Gasteiger partial charge is 0.315 e. The number of thiol groups is 1. The lowest BCUT2D eigenvalue weighted by Gasteiger charge is -2.31. The SMILES string of the molecule is CC(C)C[C@H](NC(=O)[C@H](CS)NC(=O)[C@H](CO)NC(=O)[C@H](CCC(=O)O)NC(=O)[C@@H](NC(=O)[C@@H](NC(=O)[C@H](CCC(=O)O)NC(=O)[C@H](C)N)[C@@H](C)O)C(C)C)C(=O)N[C@@H](C)C(=O)N[C@@H](CCCCN)C(=O)N1CCC[C@H]1C(=O)N[C@@H](Cc1c[nH]cn1)C(=O)N[C@H](C(=O)N[C@@H](CCC(=O)O)C(=O)N[C@@H](CC(N)=O)C(=O)N[C@@H](CCCCNC(=O)CCCC[C@@H]1SC[C@@H]2NC(=O)N[C@@H]21)C(N)=O)[C@@H](C)O. The number of aromatic amines is 1. The number of aliphatic hydroxyl groups is 3. The quantitative estimate of drug-likeness (QED) is 0.0164. The number of hydrogen-bond acceptors (Lipinski definition) is 30. The van der Waals surface area contributed by atoms with Gasteiger partial charge in [-0.2, -0.15) is 24.4 Å². The van der Waals surface area contributed by atoms with Gasteiger partial charge in [-0.3, -0.25) is 101 Å². The molecule has 4 rings (SSSR count). The fourth-order valence-electron chi connectivity index (χ4n) is 14.8. The minimum Gasteiger partial charge on any atom is -0.481 e. The Morgan fingerprint density at radius 1 is 0.518 bits per heavy atom. The molecule has 3 fully saturated rings. The number of nitrogens with zero attached hydrogens (tertiary/aromatic N) is 2. The molecule has 0 unspecified atom stereocenters. The maximum absolute atomic E-state index is 14.8. The Hall–Kier alpha value is -12.1. The number of urea groups is 1. The Labute approximate surface area is 799 Å². The first-order chi connectivity index (χ1) is 64.5. The van der Waals surface area contributed by atoms with Gasteiger partial charge in [0, 0.05) is 68.1 Å². The van der Waals surface area contributed by atoms with E-state index in [0.29, 0.717) is 19.3 Å². The van der Waals surface area contributed by atoms with Gasteiger partial charge in [-0.15, -0.1) is 0 Å². The zero-order valence-electron chi connectivity index (χ0n) is 77.7. The molecule has 32 N–H and O–H groups in total. The highest BCUT2D eigenvalue weighted by atomic mass is 32.2. The maximum atomic E-state index is 14.8. The number of carbonyl (C=O) groups excluding carboxylic acids is 19. The third-order valence-corrected chi connectivity index (χ3v) is 24.2. The number of carbonyl (C=O) groups is 22. The number of aromatic nitrogens is 2. The normalized spacial score (nSPS) is 18.6. The van der Waals surface area contributed by atoms with Crippen LogP contribution in [-0.4, -0.2) is 340 Å². The van der Waals surface area contributed by atoms with Crippen molar-refractivity contribution in [3.63, 3.8) is 0 Å². The van der Waals surface area contributed by atoms with E-state index in [2.05, 4.69) is 113 Å². The van der Waals surface area contributed by atoms with Gasteiger partial charge in [0.2, 0.25) is 106 Å². The summed E-state index contributed by atoms with van der Waals surface area (Å²) in [6, 6.07) is -26.4. The van der Waals surface area contributed by atoms with Crippen LogP contribution in [0.5, 0.6) is 0 Å². The van der Waals surface area contributed by atoms with E-state index in [-0.39, 0.29) is 112 Å². The molecule has 1 aromatic heterocycles. The molecule has 52 nitrogen and oxygen atoms in total. The molecule has 1 aromatic rings. The van der Waals surface area contributed by atoms with Gasteiger partial charge in [-0.25, -0.2) is 9.78 Å². The average molecular weight is 1980 g/mol. The van der Waals surface area contributed by atoms with Gasteiger partial charge in [-0.1, -0.05) is 34.1 Å². The number of H-pyrrole nitrogens is 1. The highest BCUT2D eigenvalue weighted by molar-refractivity contribution is 8.00. The summed E-state index contributed by atoms with van der Waals surface area (Å²) in [5, 5.41) is 103. The molecule has 3 aliphatic rings. The van der Waals surface area contributed by atoms with Crippen LogP contribution in [0.3, 0.4) is 0 Å². The number of imidazole rings is 1. The van der Waals surface area contributed by atoms with Crippen molar-refractivity contribution in [2.45, 2.75) is 316 Å². The molecule has 0 radical (unpaired) electrons. The lowest BCUT2D eigenvalue weighted by atomic mass is 10.0. The summed E-state index contributed by atoms with van der Waals surface area (Å²) in [5.41, 5.74) is 22.7. The van der Waals surface area contributed by atoms with Crippen molar-refractivity contribution in [1.82, 2.24) is 105 Å². The Morgan fingerprint density at radius 3 is 1.51 bits per heavy atom. The zero-order valence-corrected chi connectivity index (χ0v) is 79.5. The average Bonchev–Trinajstić information content (AvgIpc) is 1.69. The van der Waals surface area contributed by atoms with Gasteiger partial charge in [0.25, 0.3) is 0 Å². The van der Waals surface area contributed by atoms with Crippen LogP contribution in [0.1, 0.15) is 190 Å². The molecule has 0 bridgehead atoms. The number of aliphatic hydroxyl groups excluding tert-OH is 3. The van der Waals surface area contributed by atoms with Crippen LogP contribution < -0.4 is 113 Å². The van der Waals surface area contributed by atoms with Crippen LogP contribution >= 0.6 is 24.4 Å². The van der Waals surface area contributed by atoms with Gasteiger partial charge in [0.1, 0.15) is 90.6 Å². The van der Waals surface area contributed by atoms with E-state index in [9.17, 15) is 136 Å². The van der Waals surface area contributed by atoms with Crippen molar-refractivity contribution in [3.05, 3.63) is 18.2 Å². The predicted octanol–water partition coefficient (Wildman–Crippen LogP) is -9.42. The molecule has 0 saturated carbocycles. The monoisotopic (exact) mass is 1980 g/mol. The molecule has 54 heteroatoms. The number of thioether (sulfide) groups is 1. The van der Waals surface area contributed by atoms with Crippen LogP contribution in [0.15, 0.2) is 12.5 Å². The second-order valence-electron chi connectivity index (χ2n) is 34.6. The highest BCUT2D eigenvalue weighted by Gasteiger charge is 2.45. The van der Waals surface area contributed by atoms with E-state index in [1.165, 1.54) is 40.2 Å². The van der Waals surface area contributed by atoms with Gasteiger partial charge in [0.15, 0.2) is 0 Å². The van der Waals surface area contributed by atoms with Gasteiger partial charge in [-0.05, 0) is 136 Å². The molecular formula is C83H136N24O28S2. The summed E-state index contributed by atoms with van der Waals surface area (Å²) in [6.07, 6.45) is -2.89. The maximum Gasteiger partial charge on any atom is 0.315 e. The fourth-order valence-corrected chi connectivity index (χ4v) is 16.6. The number of primary amides is 2. The van der Waals surface area contributed by atoms with Crippen molar-refractivity contribution in [3.8, 4) is 0 Å². The summed E-state index contributed by atoms with van der Waals surface area (Å²) in [4.78, 5) is 303. The summed E-state index contributed by atoms with van der Waals surface area (Å²) in [6.45, 7) is 9.94. The number of carboxylic acid groups (broad SMARTS) is 3. The Bertz CT molecular complexity index is 4340. The number of nitrogens with two attached hydrogens (primary N) is 4. The summed E-state index contributed by atoms with van der Waals surface area (Å²) in [7, 11) is 0. The molecule has 0 aromatic carbocycles. The zero-order chi connectivity index (χ0) is 103. The van der Waals surface area contributed by atoms with Crippen LogP contribution in [0, 0.1) is 11.8 Å². The summed E-state index contributed by atoms with van der Waals surface area (Å²) >= 11 is 5.97. The van der Waals surface area contributed by atoms with Crippen molar-refractivity contribution >= 4 is 155 Å². The van der Waals surface area contributed by atoms with Crippen molar-refractivity contribution in [2.24, 2.45) is 34.8 Å². The Balaban J connectivity index is 1.44. The molecule has 3 saturated heterocycles. The number of amides is 20. The van der Waals surface area contributed by atoms with Crippen molar-refractivity contribution in [1.29, 1.82) is 0 Å². The number of likely N-dealkylation sites (tertiary alicyclic amines) is 1. The van der Waals surface area contributed by atoms with E-state index in [4.69, 9.17) is 22.9 Å². The molecule has 3 aliphatic heterocycles. The van der Waals surface area contributed by atoms with Crippen molar-refractivity contribution in [2.75, 3.05) is 37.7 Å². The topological polar surface area (TPSA) is 837 Å². The van der Waals surface area contributed by atoms with Gasteiger partial charge >= 0.3 is 23.9 Å². The minimum absolute atomic E-state index is 0.0142. The van der Waals surface area contributed by atoms with E-state index >= 15 is 0 Å². The van der Waals surface area contributed by atoms with Gasteiger partial charge < -0.3 is 154 Å². The van der Waals surface area contributed by atoms with Crippen LogP contribution in [-0.2, 0) is 107 Å². The van der Waals surface area contributed by atoms with Crippen LogP contribution in [0.25, 0.3) is 0 Å². The lowest BCUT2D eigenvalue weighted by Crippen LogP contribution is -2.62. The largest absolute Gasteiger partial charge is 0.481 e. The number of unbranched alkanes of at least 4 members (excludes halogenated alkanes) is 3. The molecule has 768 valence electrons. The lowest BCUT2D eigenvalue weighted by molar-refractivity contribution is -0.143. The predicted molar refractivity (Wildman–Crippen MR) is 489 cm³/mol. The third kappa shape index (κ3) is 40.6. The Kier molecular flexibility index (Phi) is 50.5. The highest BCUT2D eigenvalue weighted by Crippen LogP contribution is 2.33. The molecule has 0 aliphatic carbocycles. The van der Waals surface area contributed by atoms with Crippen LogP contribution in [0.4, 0.5) is 4.79 Å². The number of fused-ring (bicyclic) bond motifs is 1. The van der Waals surface area contributed by atoms with E-state index < -0.39 is 297 Å². The van der Waals surface area contributed by atoms with E-state index in [1.54, 1.807) is 25.6 Å². The Morgan fingerprint density at radius 2 is 0.993 bits per heavy atom. The molecule has 20 amide bonds. The molecule has 0 spiro atoms. The number of hydrogen-bond donors (Lipinski definition) is 29. The molecular weight excluding hydrogens is 1850 g/mol. The van der Waals surface area contributed by atoms with Crippen molar-refractivity contribution < 1.29 is 136 Å². The summed E-state index contributed by atoms with van der Waals surface area (Å²) < 4.78 is 0. The number of carboxylic acids is 3. The molecule has 4 heterocycles. The minimum atomic E-state index is -2.02. The second kappa shape index (κ2) is 59.1. The summed E-state index contributed by atoms with van der Waals surface area (Å²) in [5.74, 6) is -24.1. The van der Waals surface area contributed by atoms with Gasteiger partial charge in [0.05, 0.1) is 55.4 Å². The van der Waals surface area contributed by atoms with E-state index in [0.717, 1.165) is 37.3 Å². The molecule has 21 atom stereocenters. The third-order valence-electron chi connectivity index (χ3n) is 22.4. The second-order valence-corrected chi connectivity index (χ2v) is 36.3.